The highest BCUT2D eigenvalue weighted by atomic mass is 16.4. The number of hydrogen-bond donors (Lipinski definition) is 2. The maximum absolute atomic E-state index is 12.9. The summed E-state index contributed by atoms with van der Waals surface area (Å²) in [5.41, 5.74) is 1.53. The Bertz CT molecular complexity index is 615. The van der Waals surface area contributed by atoms with Crippen molar-refractivity contribution in [1.29, 1.82) is 0 Å². The molecule has 1 aromatic carbocycles. The van der Waals surface area contributed by atoms with Crippen LogP contribution >= 0.6 is 0 Å². The van der Waals surface area contributed by atoms with E-state index in [2.05, 4.69) is 5.32 Å². The van der Waals surface area contributed by atoms with Crippen LogP contribution in [0.15, 0.2) is 24.3 Å². The zero-order valence-corrected chi connectivity index (χ0v) is 11.7. The molecule has 0 aromatic heterocycles. The van der Waals surface area contributed by atoms with Crippen LogP contribution in [0.2, 0.25) is 0 Å². The number of hydrogen-bond acceptors (Lipinski definition) is 3. The molecule has 110 valence electrons. The molecule has 0 aliphatic carbocycles. The molecule has 0 radical (unpaired) electrons. The minimum absolute atomic E-state index is 0.00403. The van der Waals surface area contributed by atoms with Crippen molar-refractivity contribution in [3.05, 3.63) is 29.8 Å². The summed E-state index contributed by atoms with van der Waals surface area (Å²) in [5.74, 6) is -1.37. The van der Waals surface area contributed by atoms with E-state index in [1.165, 1.54) is 0 Å². The molecular formula is C16H18N2O3. The molecule has 3 heterocycles. The summed E-state index contributed by atoms with van der Waals surface area (Å²) in [6.45, 7) is 0.265. The van der Waals surface area contributed by atoms with E-state index in [4.69, 9.17) is 0 Å². The summed E-state index contributed by atoms with van der Waals surface area (Å²) < 4.78 is 0. The van der Waals surface area contributed by atoms with Crippen molar-refractivity contribution in [2.45, 2.75) is 37.3 Å². The number of carbonyl (C=O) groups is 2. The van der Waals surface area contributed by atoms with E-state index in [1.807, 2.05) is 24.3 Å². The summed E-state index contributed by atoms with van der Waals surface area (Å²) in [4.78, 5) is 26.0. The minimum Gasteiger partial charge on any atom is -0.481 e. The van der Waals surface area contributed by atoms with Gasteiger partial charge in [-0.05, 0) is 30.9 Å². The molecule has 21 heavy (non-hydrogen) atoms. The van der Waals surface area contributed by atoms with Gasteiger partial charge < -0.3 is 15.3 Å². The summed E-state index contributed by atoms with van der Waals surface area (Å²) in [6, 6.07) is 8.12. The van der Waals surface area contributed by atoms with Crippen molar-refractivity contribution in [3.63, 3.8) is 0 Å². The second kappa shape index (κ2) is 4.56. The number of carboxylic acids is 1. The zero-order valence-electron chi connectivity index (χ0n) is 11.7. The lowest BCUT2D eigenvalue weighted by atomic mass is 9.88. The van der Waals surface area contributed by atoms with Gasteiger partial charge in [0.05, 0.1) is 5.92 Å². The first-order valence-electron chi connectivity index (χ1n) is 7.54. The molecule has 1 amide bonds. The van der Waals surface area contributed by atoms with Crippen LogP contribution in [-0.2, 0) is 9.59 Å². The Morgan fingerprint density at radius 2 is 2.05 bits per heavy atom. The van der Waals surface area contributed by atoms with Gasteiger partial charge in [0.25, 0.3) is 0 Å². The van der Waals surface area contributed by atoms with Crippen LogP contribution < -0.4 is 10.2 Å². The largest absolute Gasteiger partial charge is 0.481 e. The average molecular weight is 286 g/mol. The van der Waals surface area contributed by atoms with Crippen molar-refractivity contribution in [1.82, 2.24) is 5.32 Å². The lowest BCUT2D eigenvalue weighted by Crippen LogP contribution is -2.41. The molecule has 5 heteroatoms. The number of aliphatic carboxylic acids is 1. The molecule has 2 N–H and O–H groups in total. The van der Waals surface area contributed by atoms with Crippen molar-refractivity contribution in [3.8, 4) is 0 Å². The number of para-hydroxylation sites is 1. The van der Waals surface area contributed by atoms with E-state index < -0.39 is 11.9 Å². The predicted octanol–water partition coefficient (Wildman–Crippen LogP) is 1.34. The molecule has 0 spiro atoms. The number of anilines is 1. The fourth-order valence-corrected chi connectivity index (χ4v) is 4.12. The molecule has 2 saturated heterocycles. The normalized spacial score (nSPS) is 33.2. The number of carbonyl (C=O) groups excluding carboxylic acids is 1. The quantitative estimate of drug-likeness (QED) is 0.861. The molecule has 2 fully saturated rings. The van der Waals surface area contributed by atoms with Crippen LogP contribution in [0.1, 0.15) is 30.7 Å². The maximum Gasteiger partial charge on any atom is 0.312 e. The first-order valence-corrected chi connectivity index (χ1v) is 7.54. The van der Waals surface area contributed by atoms with Crippen LogP contribution in [0.4, 0.5) is 5.69 Å². The number of amides is 1. The Morgan fingerprint density at radius 3 is 2.71 bits per heavy atom. The first kappa shape index (κ1) is 12.8. The van der Waals surface area contributed by atoms with Gasteiger partial charge in [-0.15, -0.1) is 0 Å². The predicted molar refractivity (Wildman–Crippen MR) is 77.2 cm³/mol. The van der Waals surface area contributed by atoms with Gasteiger partial charge in [-0.1, -0.05) is 18.2 Å². The smallest absolute Gasteiger partial charge is 0.312 e. The minimum atomic E-state index is -0.858. The first-order chi connectivity index (χ1) is 10.1. The van der Waals surface area contributed by atoms with Crippen LogP contribution in [0.3, 0.4) is 0 Å². The molecule has 5 nitrogen and oxygen atoms in total. The zero-order chi connectivity index (χ0) is 14.6. The highest BCUT2D eigenvalue weighted by molar-refractivity contribution is 6.00. The van der Waals surface area contributed by atoms with E-state index in [1.54, 1.807) is 4.90 Å². The Morgan fingerprint density at radius 1 is 1.24 bits per heavy atom. The highest BCUT2D eigenvalue weighted by Gasteiger charge is 2.46. The number of nitrogens with one attached hydrogen (secondary N) is 1. The summed E-state index contributed by atoms with van der Waals surface area (Å²) in [5, 5.41) is 12.9. The molecule has 3 aliphatic heterocycles. The number of nitrogens with zero attached hydrogens (tertiary/aromatic N) is 1. The summed E-state index contributed by atoms with van der Waals surface area (Å²) in [6.07, 6.45) is 3.10. The highest BCUT2D eigenvalue weighted by Crippen LogP contribution is 2.40. The second-order valence-electron chi connectivity index (χ2n) is 6.29. The van der Waals surface area contributed by atoms with Crippen molar-refractivity contribution >= 4 is 17.6 Å². The fraction of sp³-hybridized carbons (Fsp3) is 0.500. The molecule has 4 atom stereocenters. The summed E-state index contributed by atoms with van der Waals surface area (Å²) >= 11 is 0. The fourth-order valence-electron chi connectivity index (χ4n) is 4.12. The molecule has 0 saturated carbocycles. The molecular weight excluding hydrogens is 268 g/mol. The monoisotopic (exact) mass is 286 g/mol. The Hall–Kier alpha value is -1.88. The third-order valence-electron chi connectivity index (χ3n) is 5.15. The van der Waals surface area contributed by atoms with Crippen molar-refractivity contribution < 1.29 is 14.7 Å². The maximum atomic E-state index is 12.9. The SMILES string of the molecule is O=C(O)C1CN(C(=O)C2CC3CCC2N3)c2ccccc21. The van der Waals surface area contributed by atoms with E-state index in [0.29, 0.717) is 6.04 Å². The van der Waals surface area contributed by atoms with Gasteiger partial charge in [-0.3, -0.25) is 9.59 Å². The standard InChI is InChI=1S/C16H18N2O3/c19-15(11-7-9-5-6-13(11)17-9)18-8-12(16(20)21)10-3-1-2-4-14(10)18/h1-4,9,11-13,17H,5-8H2,(H,20,21). The van der Waals surface area contributed by atoms with Gasteiger partial charge in [0, 0.05) is 24.3 Å². The van der Waals surface area contributed by atoms with Crippen molar-refractivity contribution in [2.75, 3.05) is 11.4 Å². The average Bonchev–Trinajstić information content (AvgIpc) is 3.19. The van der Waals surface area contributed by atoms with Gasteiger partial charge in [-0.25, -0.2) is 0 Å². The van der Waals surface area contributed by atoms with Gasteiger partial charge in [0.1, 0.15) is 5.92 Å². The van der Waals surface area contributed by atoms with E-state index >= 15 is 0 Å². The molecule has 1 aromatic rings. The van der Waals surface area contributed by atoms with Gasteiger partial charge in [0.15, 0.2) is 0 Å². The lowest BCUT2D eigenvalue weighted by Gasteiger charge is -2.26. The van der Waals surface area contributed by atoms with Crippen LogP contribution in [-0.4, -0.2) is 35.6 Å². The molecule has 3 aliphatic rings. The van der Waals surface area contributed by atoms with E-state index in [-0.39, 0.29) is 24.4 Å². The Balaban J connectivity index is 1.64. The van der Waals surface area contributed by atoms with Gasteiger partial charge >= 0.3 is 5.97 Å². The molecule has 2 bridgehead atoms. The molecule has 4 rings (SSSR count). The topological polar surface area (TPSA) is 69.6 Å². The van der Waals surface area contributed by atoms with Crippen LogP contribution in [0.25, 0.3) is 0 Å². The number of benzene rings is 1. The van der Waals surface area contributed by atoms with Crippen LogP contribution in [0, 0.1) is 5.92 Å². The summed E-state index contributed by atoms with van der Waals surface area (Å²) in [7, 11) is 0. The lowest BCUT2D eigenvalue weighted by molar-refractivity contribution is -0.138. The number of carboxylic acid groups (broad SMARTS) is 1. The van der Waals surface area contributed by atoms with Crippen molar-refractivity contribution in [2.24, 2.45) is 5.92 Å². The van der Waals surface area contributed by atoms with Gasteiger partial charge in [-0.2, -0.15) is 0 Å². The third kappa shape index (κ3) is 1.87. The molecule has 4 unspecified atom stereocenters. The second-order valence-corrected chi connectivity index (χ2v) is 6.29. The Labute approximate surface area is 122 Å². The van der Waals surface area contributed by atoms with Crippen LogP contribution in [0.5, 0.6) is 0 Å². The number of fused-ring (bicyclic) bond motifs is 3. The van der Waals surface area contributed by atoms with Gasteiger partial charge in [0.2, 0.25) is 5.91 Å². The number of rotatable bonds is 2. The third-order valence-corrected chi connectivity index (χ3v) is 5.15. The van der Waals surface area contributed by atoms with E-state index in [9.17, 15) is 14.7 Å². The van der Waals surface area contributed by atoms with E-state index in [0.717, 1.165) is 30.5 Å². The Kier molecular flexibility index (Phi) is 2.79.